The number of allylic oxidation sites excluding steroid dienone is 2. The number of likely N-dealkylation sites (tertiary alicyclic amines) is 1. The number of imide groups is 1. The van der Waals surface area contributed by atoms with Crippen LogP contribution in [0.25, 0.3) is 10.1 Å². The first kappa shape index (κ1) is 20.4. The van der Waals surface area contributed by atoms with Crippen molar-refractivity contribution < 1.29 is 19.3 Å². The number of nitrogens with one attached hydrogen (secondary N) is 1. The third-order valence-electron chi connectivity index (χ3n) is 7.74. The first-order chi connectivity index (χ1) is 15.5. The number of hydrogen-bond donors (Lipinski definition) is 1. The molecule has 1 aromatic carbocycles. The lowest BCUT2D eigenvalue weighted by molar-refractivity contribution is -0.903. The lowest BCUT2D eigenvalue weighted by Crippen LogP contribution is -3.15. The van der Waals surface area contributed by atoms with Gasteiger partial charge in [-0.1, -0.05) is 42.0 Å². The fourth-order valence-electron chi connectivity index (χ4n) is 6.03. The van der Waals surface area contributed by atoms with Gasteiger partial charge in [0, 0.05) is 10.1 Å². The maximum absolute atomic E-state index is 13.1. The molecule has 2 saturated heterocycles. The molecule has 8 heteroatoms. The van der Waals surface area contributed by atoms with E-state index in [2.05, 4.69) is 12.2 Å². The maximum atomic E-state index is 13.1. The van der Waals surface area contributed by atoms with Gasteiger partial charge in [0.2, 0.25) is 11.8 Å². The summed E-state index contributed by atoms with van der Waals surface area (Å²) >= 11 is 7.95. The third kappa shape index (κ3) is 3.05. The second-order valence-electron chi connectivity index (χ2n) is 9.36. The summed E-state index contributed by atoms with van der Waals surface area (Å²) in [7, 11) is 0. The van der Waals surface area contributed by atoms with Crippen LogP contribution in [-0.4, -0.2) is 66.8 Å². The van der Waals surface area contributed by atoms with Crippen LogP contribution in [0.15, 0.2) is 36.4 Å². The number of rotatable bonds is 4. The molecule has 0 unspecified atom stereocenters. The van der Waals surface area contributed by atoms with E-state index in [-0.39, 0.29) is 41.4 Å². The van der Waals surface area contributed by atoms with Crippen LogP contribution in [0.2, 0.25) is 5.02 Å². The molecule has 3 amide bonds. The Balaban J connectivity index is 1.05. The number of carbonyl (C=O) groups excluding carboxylic acids is 3. The number of fused-ring (bicyclic) bond motifs is 6. The Kier molecular flexibility index (Phi) is 4.89. The average Bonchev–Trinajstić information content (AvgIpc) is 3.56. The average molecular weight is 471 g/mol. The Hall–Kier alpha value is -2.22. The highest BCUT2D eigenvalue weighted by molar-refractivity contribution is 7.21. The molecule has 0 spiro atoms. The molecule has 0 radical (unpaired) electrons. The Morgan fingerprint density at radius 2 is 1.72 bits per heavy atom. The van der Waals surface area contributed by atoms with Crippen molar-refractivity contribution in [2.45, 2.75) is 6.42 Å². The monoisotopic (exact) mass is 470 g/mol. The molecule has 32 heavy (non-hydrogen) atoms. The van der Waals surface area contributed by atoms with E-state index < -0.39 is 0 Å². The number of piperazine rings is 1. The molecular weight excluding hydrogens is 446 g/mol. The van der Waals surface area contributed by atoms with Gasteiger partial charge in [0.15, 0.2) is 0 Å². The molecule has 2 aliphatic heterocycles. The molecule has 4 aliphatic rings. The number of amides is 3. The van der Waals surface area contributed by atoms with Gasteiger partial charge >= 0.3 is 0 Å². The van der Waals surface area contributed by atoms with E-state index in [0.717, 1.165) is 36.1 Å². The number of hydrogen-bond acceptors (Lipinski definition) is 4. The van der Waals surface area contributed by atoms with Crippen molar-refractivity contribution in [3.8, 4) is 0 Å². The predicted molar refractivity (Wildman–Crippen MR) is 123 cm³/mol. The van der Waals surface area contributed by atoms with E-state index >= 15 is 0 Å². The summed E-state index contributed by atoms with van der Waals surface area (Å²) in [6.07, 6.45) is 5.22. The number of carbonyl (C=O) groups is 3. The molecule has 6 nitrogen and oxygen atoms in total. The van der Waals surface area contributed by atoms with Gasteiger partial charge in [0.05, 0.1) is 56.1 Å². The first-order valence-electron chi connectivity index (χ1n) is 11.4. The summed E-state index contributed by atoms with van der Waals surface area (Å²) in [5.41, 5.74) is 0. The zero-order chi connectivity index (χ0) is 22.0. The minimum atomic E-state index is -0.118. The fourth-order valence-corrected chi connectivity index (χ4v) is 7.51. The largest absolute Gasteiger partial charge is 0.331 e. The standard InChI is InChI=1S/C24H24ClN3O3S/c25-20-16-3-1-2-4-17(16)32-21(20)24(31)27-10-7-26(8-11-27)9-12-28-22(29)18-14-5-6-15(13-14)19(18)23(28)30/h1-6,14-15,18-19H,7-13H2/p+1/t14-,15-,18+,19+/m1/s1. The Labute approximate surface area is 195 Å². The molecule has 2 aliphatic carbocycles. The first-order valence-corrected chi connectivity index (χ1v) is 12.6. The molecule has 2 aromatic rings. The SMILES string of the molecule is O=C(c1sc2ccccc2c1Cl)N1CC[NH+](CCN2C(=O)[C@@H]3[C@@H](C2=O)[C@@H]2C=C[C@@H]3C2)CC1. The van der Waals surface area contributed by atoms with Gasteiger partial charge in [-0.3, -0.25) is 19.3 Å². The Bertz CT molecular complexity index is 1120. The summed E-state index contributed by atoms with van der Waals surface area (Å²) in [5.74, 6) is 0.342. The van der Waals surface area contributed by atoms with Crippen LogP contribution >= 0.6 is 22.9 Å². The third-order valence-corrected chi connectivity index (χ3v) is 9.40. The summed E-state index contributed by atoms with van der Waals surface area (Å²) in [4.78, 5) is 44.1. The molecule has 1 saturated carbocycles. The van der Waals surface area contributed by atoms with E-state index in [9.17, 15) is 14.4 Å². The van der Waals surface area contributed by atoms with Gasteiger partial charge in [0.25, 0.3) is 5.91 Å². The fraction of sp³-hybridized carbons (Fsp3) is 0.458. The van der Waals surface area contributed by atoms with Crippen LogP contribution in [0.1, 0.15) is 16.1 Å². The number of nitrogens with zero attached hydrogens (tertiary/aromatic N) is 2. The minimum absolute atomic E-state index is 0.00375. The number of halogens is 1. The van der Waals surface area contributed by atoms with E-state index in [4.69, 9.17) is 11.6 Å². The molecule has 4 atom stereocenters. The van der Waals surface area contributed by atoms with Gasteiger partial charge in [-0.2, -0.15) is 0 Å². The van der Waals surface area contributed by atoms with Gasteiger partial charge in [-0.25, -0.2) is 0 Å². The van der Waals surface area contributed by atoms with Crippen molar-refractivity contribution in [3.63, 3.8) is 0 Å². The summed E-state index contributed by atoms with van der Waals surface area (Å²) in [5, 5.41) is 1.48. The Morgan fingerprint density at radius 3 is 2.38 bits per heavy atom. The molecule has 3 heterocycles. The smallest absolute Gasteiger partial charge is 0.265 e. The predicted octanol–water partition coefficient (Wildman–Crippen LogP) is 1.70. The highest BCUT2D eigenvalue weighted by atomic mass is 35.5. The molecule has 166 valence electrons. The normalized spacial score (nSPS) is 29.5. The van der Waals surface area contributed by atoms with Gasteiger partial charge < -0.3 is 9.80 Å². The van der Waals surface area contributed by atoms with E-state index in [0.29, 0.717) is 29.5 Å². The molecule has 3 fully saturated rings. The number of benzene rings is 1. The number of quaternary nitrogens is 1. The van der Waals surface area contributed by atoms with Crippen LogP contribution in [0.5, 0.6) is 0 Å². The van der Waals surface area contributed by atoms with E-state index in [1.54, 1.807) is 0 Å². The molecular formula is C24H25ClN3O3S+. The second kappa shape index (κ2) is 7.68. The second-order valence-corrected chi connectivity index (χ2v) is 10.8. The quantitative estimate of drug-likeness (QED) is 0.546. The maximum Gasteiger partial charge on any atom is 0.265 e. The summed E-state index contributed by atoms with van der Waals surface area (Å²) < 4.78 is 1.03. The highest BCUT2D eigenvalue weighted by Crippen LogP contribution is 2.52. The molecule has 1 aromatic heterocycles. The summed E-state index contributed by atoms with van der Waals surface area (Å²) in [6, 6.07) is 7.82. The zero-order valence-corrected chi connectivity index (χ0v) is 19.2. The van der Waals surface area contributed by atoms with Crippen molar-refractivity contribution in [3.05, 3.63) is 46.3 Å². The van der Waals surface area contributed by atoms with Crippen LogP contribution in [0.4, 0.5) is 0 Å². The van der Waals surface area contributed by atoms with Crippen molar-refractivity contribution in [1.29, 1.82) is 0 Å². The van der Waals surface area contributed by atoms with Gasteiger partial charge in [-0.05, 0) is 24.3 Å². The van der Waals surface area contributed by atoms with E-state index in [1.165, 1.54) is 21.1 Å². The number of thiophene rings is 1. The molecule has 1 N–H and O–H groups in total. The van der Waals surface area contributed by atoms with Crippen LogP contribution in [0.3, 0.4) is 0 Å². The van der Waals surface area contributed by atoms with Crippen molar-refractivity contribution >= 4 is 50.7 Å². The van der Waals surface area contributed by atoms with Gasteiger partial charge in [-0.15, -0.1) is 11.3 Å². The lowest BCUT2D eigenvalue weighted by atomic mass is 9.85. The zero-order valence-electron chi connectivity index (χ0n) is 17.6. The molecule has 2 bridgehead atoms. The topological polar surface area (TPSA) is 62.1 Å². The van der Waals surface area contributed by atoms with Crippen LogP contribution in [0, 0.1) is 23.7 Å². The molecule has 6 rings (SSSR count). The van der Waals surface area contributed by atoms with Crippen molar-refractivity contribution in [2.75, 3.05) is 39.3 Å². The highest BCUT2D eigenvalue weighted by Gasteiger charge is 2.59. The Morgan fingerprint density at radius 1 is 1.06 bits per heavy atom. The van der Waals surface area contributed by atoms with Gasteiger partial charge in [0.1, 0.15) is 4.88 Å². The summed E-state index contributed by atoms with van der Waals surface area (Å²) in [6.45, 7) is 4.15. The lowest BCUT2D eigenvalue weighted by Gasteiger charge is -2.32. The minimum Gasteiger partial charge on any atom is -0.331 e. The van der Waals surface area contributed by atoms with Crippen LogP contribution < -0.4 is 4.90 Å². The van der Waals surface area contributed by atoms with Crippen molar-refractivity contribution in [2.24, 2.45) is 23.7 Å². The van der Waals surface area contributed by atoms with Crippen molar-refractivity contribution in [1.82, 2.24) is 9.80 Å². The van der Waals surface area contributed by atoms with E-state index in [1.807, 2.05) is 29.2 Å². The van der Waals surface area contributed by atoms with Crippen LogP contribution in [-0.2, 0) is 9.59 Å².